The van der Waals surface area contributed by atoms with Crippen LogP contribution >= 0.6 is 0 Å². The minimum absolute atomic E-state index is 0.239. The van der Waals surface area contributed by atoms with Gasteiger partial charge >= 0.3 is 0 Å². The lowest BCUT2D eigenvalue weighted by Crippen LogP contribution is -2.37. The summed E-state index contributed by atoms with van der Waals surface area (Å²) in [6.07, 6.45) is 2.26. The van der Waals surface area contributed by atoms with Gasteiger partial charge in [-0.1, -0.05) is 0 Å². The van der Waals surface area contributed by atoms with Crippen LogP contribution in [-0.2, 0) is 4.74 Å². The second-order valence-corrected chi connectivity index (χ2v) is 4.62. The molecule has 3 nitrogen and oxygen atoms in total. The topological polar surface area (TPSA) is 39.6 Å². The minimum atomic E-state index is 0.239. The fourth-order valence-electron chi connectivity index (χ4n) is 2.31. The summed E-state index contributed by atoms with van der Waals surface area (Å²) < 4.78 is 5.49. The number of piperidine rings is 1. The molecule has 2 aliphatic heterocycles. The molecule has 1 spiro atoms. The Morgan fingerprint density at radius 2 is 1.81 bits per heavy atom. The van der Waals surface area contributed by atoms with Crippen molar-refractivity contribution < 1.29 is 4.74 Å². The molecule has 0 N–H and O–H groups in total. The Morgan fingerprint density at radius 3 is 2.31 bits per heavy atom. The van der Waals surface area contributed by atoms with Crippen LogP contribution < -0.4 is 4.90 Å². The van der Waals surface area contributed by atoms with E-state index in [1.807, 2.05) is 24.3 Å². The fraction of sp³-hybridized carbons (Fsp3) is 0.462. The van der Waals surface area contributed by atoms with Gasteiger partial charge in [0.05, 0.1) is 23.8 Å². The molecule has 0 amide bonds. The second kappa shape index (κ2) is 3.50. The Morgan fingerprint density at radius 1 is 1.19 bits per heavy atom. The van der Waals surface area contributed by atoms with Crippen molar-refractivity contribution in [1.29, 1.82) is 5.26 Å². The summed E-state index contributed by atoms with van der Waals surface area (Å²) in [5.41, 5.74) is 2.18. The van der Waals surface area contributed by atoms with Crippen molar-refractivity contribution >= 4 is 5.69 Å². The van der Waals surface area contributed by atoms with Crippen LogP contribution in [0.4, 0.5) is 5.69 Å². The summed E-state index contributed by atoms with van der Waals surface area (Å²) in [5, 5.41) is 8.74. The third-order valence-corrected chi connectivity index (χ3v) is 3.59. The van der Waals surface area contributed by atoms with Crippen LogP contribution in [0.2, 0.25) is 0 Å². The van der Waals surface area contributed by atoms with E-state index in [4.69, 9.17) is 10.00 Å². The normalized spacial score (nSPS) is 21.8. The molecule has 82 valence electrons. The highest BCUT2D eigenvalue weighted by Crippen LogP contribution is 2.38. The van der Waals surface area contributed by atoms with Gasteiger partial charge in [-0.3, -0.25) is 0 Å². The molecule has 0 atom stereocenters. The van der Waals surface area contributed by atoms with E-state index in [0.29, 0.717) is 0 Å². The lowest BCUT2D eigenvalue weighted by atomic mass is 9.97. The summed E-state index contributed by atoms with van der Waals surface area (Å²) in [7, 11) is 0. The first kappa shape index (κ1) is 9.68. The number of rotatable bonds is 1. The van der Waals surface area contributed by atoms with Gasteiger partial charge in [0, 0.05) is 18.8 Å². The summed E-state index contributed by atoms with van der Waals surface area (Å²) >= 11 is 0. The Kier molecular flexibility index (Phi) is 2.12. The molecular weight excluding hydrogens is 200 g/mol. The molecule has 1 aromatic carbocycles. The maximum absolute atomic E-state index is 8.74. The van der Waals surface area contributed by atoms with Gasteiger partial charge in [0.1, 0.15) is 0 Å². The monoisotopic (exact) mass is 214 g/mol. The van der Waals surface area contributed by atoms with Crippen LogP contribution in [-0.4, -0.2) is 25.3 Å². The van der Waals surface area contributed by atoms with Gasteiger partial charge in [0.15, 0.2) is 0 Å². The van der Waals surface area contributed by atoms with Gasteiger partial charge in [0.25, 0.3) is 0 Å². The summed E-state index contributed by atoms with van der Waals surface area (Å²) in [5.74, 6) is 0. The first-order chi connectivity index (χ1) is 7.81. The number of nitriles is 1. The summed E-state index contributed by atoms with van der Waals surface area (Å²) in [6.45, 7) is 3.08. The molecule has 0 radical (unpaired) electrons. The zero-order valence-corrected chi connectivity index (χ0v) is 9.15. The highest BCUT2D eigenvalue weighted by atomic mass is 16.6. The van der Waals surface area contributed by atoms with E-state index < -0.39 is 0 Å². The second-order valence-electron chi connectivity index (χ2n) is 4.62. The SMILES string of the molecule is N#Cc1ccc(N2CCC3(CC2)CO3)cc1. The van der Waals surface area contributed by atoms with Crippen molar-refractivity contribution in [2.75, 3.05) is 24.6 Å². The Labute approximate surface area is 95.2 Å². The molecule has 2 fully saturated rings. The molecule has 2 heterocycles. The van der Waals surface area contributed by atoms with Gasteiger partial charge < -0.3 is 9.64 Å². The molecule has 0 saturated carbocycles. The Balaban J connectivity index is 1.70. The Hall–Kier alpha value is -1.53. The zero-order valence-electron chi connectivity index (χ0n) is 9.15. The standard InChI is InChI=1S/C13H14N2O/c14-9-11-1-3-12(4-2-11)15-7-5-13(6-8-15)10-16-13/h1-4H,5-8,10H2. The number of nitrogens with zero attached hydrogens (tertiary/aromatic N) is 2. The molecule has 1 aromatic rings. The number of benzene rings is 1. The minimum Gasteiger partial charge on any atom is -0.371 e. The van der Waals surface area contributed by atoms with Crippen LogP contribution in [0.3, 0.4) is 0 Å². The maximum atomic E-state index is 8.74. The van der Waals surface area contributed by atoms with Crippen LogP contribution in [0.15, 0.2) is 24.3 Å². The van der Waals surface area contributed by atoms with Crippen LogP contribution in [0.25, 0.3) is 0 Å². The number of epoxide rings is 1. The van der Waals surface area contributed by atoms with E-state index in [9.17, 15) is 0 Å². The molecule has 0 bridgehead atoms. The van der Waals surface area contributed by atoms with E-state index in [-0.39, 0.29) is 5.60 Å². The number of hydrogen-bond donors (Lipinski definition) is 0. The number of hydrogen-bond acceptors (Lipinski definition) is 3. The lowest BCUT2D eigenvalue weighted by molar-refractivity contribution is 0.259. The highest BCUT2D eigenvalue weighted by Gasteiger charge is 2.46. The molecule has 16 heavy (non-hydrogen) atoms. The van der Waals surface area contributed by atoms with Crippen molar-refractivity contribution in [3.63, 3.8) is 0 Å². The number of anilines is 1. The first-order valence-electron chi connectivity index (χ1n) is 5.70. The molecule has 0 aliphatic carbocycles. The highest BCUT2D eigenvalue weighted by molar-refractivity contribution is 5.50. The molecule has 3 rings (SSSR count). The number of ether oxygens (including phenoxy) is 1. The van der Waals surface area contributed by atoms with Crippen molar-refractivity contribution in [2.45, 2.75) is 18.4 Å². The van der Waals surface area contributed by atoms with E-state index in [0.717, 1.165) is 38.1 Å². The molecule has 2 aliphatic rings. The summed E-state index contributed by atoms with van der Waals surface area (Å²) in [4.78, 5) is 2.37. The van der Waals surface area contributed by atoms with Crippen LogP contribution in [0.1, 0.15) is 18.4 Å². The Bertz CT molecular complexity index is 418. The van der Waals surface area contributed by atoms with Crippen molar-refractivity contribution in [2.24, 2.45) is 0 Å². The van der Waals surface area contributed by atoms with Crippen LogP contribution in [0.5, 0.6) is 0 Å². The average Bonchev–Trinajstić information content (AvgIpc) is 3.10. The summed E-state index contributed by atoms with van der Waals surface area (Å²) in [6, 6.07) is 9.97. The third kappa shape index (κ3) is 1.66. The van der Waals surface area contributed by atoms with Crippen LogP contribution in [0, 0.1) is 11.3 Å². The largest absolute Gasteiger partial charge is 0.371 e. The van der Waals surface area contributed by atoms with Gasteiger partial charge in [-0.2, -0.15) is 5.26 Å². The van der Waals surface area contributed by atoms with E-state index >= 15 is 0 Å². The van der Waals surface area contributed by atoms with Crippen molar-refractivity contribution in [3.8, 4) is 6.07 Å². The maximum Gasteiger partial charge on any atom is 0.0991 e. The van der Waals surface area contributed by atoms with Gasteiger partial charge in [-0.25, -0.2) is 0 Å². The fourth-order valence-corrected chi connectivity index (χ4v) is 2.31. The molecule has 2 saturated heterocycles. The molecular formula is C13H14N2O. The predicted molar refractivity (Wildman–Crippen MR) is 61.3 cm³/mol. The van der Waals surface area contributed by atoms with Crippen molar-refractivity contribution in [1.82, 2.24) is 0 Å². The lowest BCUT2D eigenvalue weighted by Gasteiger charge is -2.32. The zero-order chi connectivity index (χ0) is 11.0. The quantitative estimate of drug-likeness (QED) is 0.670. The third-order valence-electron chi connectivity index (χ3n) is 3.59. The average molecular weight is 214 g/mol. The van der Waals surface area contributed by atoms with E-state index in [2.05, 4.69) is 11.0 Å². The van der Waals surface area contributed by atoms with Gasteiger partial charge in [-0.15, -0.1) is 0 Å². The van der Waals surface area contributed by atoms with Gasteiger partial charge in [0.2, 0.25) is 0 Å². The van der Waals surface area contributed by atoms with Gasteiger partial charge in [-0.05, 0) is 37.1 Å². The smallest absolute Gasteiger partial charge is 0.0991 e. The van der Waals surface area contributed by atoms with E-state index in [1.165, 1.54) is 5.69 Å². The first-order valence-corrected chi connectivity index (χ1v) is 5.70. The molecule has 0 unspecified atom stereocenters. The molecule has 0 aromatic heterocycles. The predicted octanol–water partition coefficient (Wildman–Crippen LogP) is 1.93. The van der Waals surface area contributed by atoms with E-state index in [1.54, 1.807) is 0 Å². The van der Waals surface area contributed by atoms with Crippen molar-refractivity contribution in [3.05, 3.63) is 29.8 Å². The molecule has 3 heteroatoms.